The molecule has 0 aliphatic carbocycles. The molecular weight excluding hydrogens is 274 g/mol. The molecule has 0 radical (unpaired) electrons. The van der Waals surface area contributed by atoms with E-state index in [0.29, 0.717) is 5.01 Å². The van der Waals surface area contributed by atoms with Gasteiger partial charge in [0.05, 0.1) is 5.01 Å². The molecule has 0 fully saturated rings. The maximum atomic E-state index is 11.7. The lowest BCUT2D eigenvalue weighted by Gasteiger charge is -2.04. The number of carboxylic acids is 1. The molecule has 0 aromatic carbocycles. The van der Waals surface area contributed by atoms with E-state index in [4.69, 9.17) is 5.11 Å². The van der Waals surface area contributed by atoms with Gasteiger partial charge in [0.15, 0.2) is 11.4 Å². The van der Waals surface area contributed by atoms with Crippen molar-refractivity contribution in [3.05, 3.63) is 20.9 Å². The maximum absolute atomic E-state index is 11.7. The van der Waals surface area contributed by atoms with Crippen molar-refractivity contribution in [2.24, 2.45) is 0 Å². The largest absolute Gasteiger partial charge is 0.505 e. The van der Waals surface area contributed by atoms with E-state index in [1.165, 1.54) is 0 Å². The highest BCUT2D eigenvalue weighted by Crippen LogP contribution is 2.29. The highest BCUT2D eigenvalue weighted by Gasteiger charge is 2.21. The molecule has 0 bridgehead atoms. The number of nitrogens with zero attached hydrogens (tertiary/aromatic N) is 1. The molecule has 0 atom stereocenters. The quantitative estimate of drug-likeness (QED) is 0.617. The molecule has 19 heavy (non-hydrogen) atoms. The molecule has 0 saturated heterocycles. The number of aromatic nitrogens is 2. The molecule has 0 aliphatic heterocycles. The third-order valence-electron chi connectivity index (χ3n) is 2.27. The average molecular weight is 283 g/mol. The van der Waals surface area contributed by atoms with Crippen molar-refractivity contribution >= 4 is 33.6 Å². The first-order valence-corrected chi connectivity index (χ1v) is 5.94. The zero-order valence-electron chi connectivity index (χ0n) is 9.68. The summed E-state index contributed by atoms with van der Waals surface area (Å²) in [5.41, 5.74) is -1.14. The van der Waals surface area contributed by atoms with Gasteiger partial charge in [0.1, 0.15) is 16.8 Å². The van der Waals surface area contributed by atoms with Crippen LogP contribution in [0.5, 0.6) is 5.75 Å². The van der Waals surface area contributed by atoms with Gasteiger partial charge < -0.3 is 20.5 Å². The minimum Gasteiger partial charge on any atom is -0.505 e. The molecule has 0 aliphatic rings. The van der Waals surface area contributed by atoms with Crippen LogP contribution in [0.4, 0.5) is 0 Å². The molecule has 8 nitrogen and oxygen atoms in total. The number of thiazole rings is 1. The molecule has 2 aromatic heterocycles. The second kappa shape index (κ2) is 4.69. The minimum atomic E-state index is -1.25. The number of aromatic amines is 1. The van der Waals surface area contributed by atoms with Gasteiger partial charge in [-0.15, -0.1) is 11.3 Å². The highest BCUT2D eigenvalue weighted by atomic mass is 32.1. The van der Waals surface area contributed by atoms with Crippen LogP contribution in [0, 0.1) is 6.92 Å². The van der Waals surface area contributed by atoms with Crippen LogP contribution in [0.25, 0.3) is 10.3 Å². The Bertz CT molecular complexity index is 733. The zero-order chi connectivity index (χ0) is 14.2. The number of nitrogens with one attached hydrogen (secondary N) is 2. The second-order valence-corrected chi connectivity index (χ2v) is 4.87. The predicted octanol–water partition coefficient (Wildman–Crippen LogP) is -0.187. The van der Waals surface area contributed by atoms with E-state index >= 15 is 0 Å². The lowest BCUT2D eigenvalue weighted by atomic mass is 10.2. The topological polar surface area (TPSA) is 132 Å². The fourth-order valence-electron chi connectivity index (χ4n) is 1.52. The average Bonchev–Trinajstić information content (AvgIpc) is 2.67. The minimum absolute atomic E-state index is 0.194. The van der Waals surface area contributed by atoms with Crippen LogP contribution in [0.15, 0.2) is 4.79 Å². The molecule has 4 N–H and O–H groups in total. The number of hydrogen-bond acceptors (Lipinski definition) is 6. The summed E-state index contributed by atoms with van der Waals surface area (Å²) in [7, 11) is 0. The number of rotatable bonds is 3. The molecule has 2 heterocycles. The van der Waals surface area contributed by atoms with Crippen LogP contribution in [-0.4, -0.2) is 38.6 Å². The van der Waals surface area contributed by atoms with Gasteiger partial charge in [0.25, 0.3) is 11.5 Å². The number of aryl methyl sites for hydroxylation is 1. The van der Waals surface area contributed by atoms with E-state index in [9.17, 15) is 19.5 Å². The Morgan fingerprint density at radius 1 is 1.47 bits per heavy atom. The predicted molar refractivity (Wildman–Crippen MR) is 66.6 cm³/mol. The number of carboxylic acid groups (broad SMARTS) is 1. The molecule has 1 amide bonds. The van der Waals surface area contributed by atoms with Gasteiger partial charge in [-0.2, -0.15) is 0 Å². The van der Waals surface area contributed by atoms with Crippen molar-refractivity contribution in [2.75, 3.05) is 6.54 Å². The number of aromatic hydroxyl groups is 1. The van der Waals surface area contributed by atoms with Gasteiger partial charge in [0.2, 0.25) is 0 Å². The number of fused-ring (bicyclic) bond motifs is 1. The molecule has 2 rings (SSSR count). The fraction of sp³-hybridized carbons (Fsp3) is 0.200. The van der Waals surface area contributed by atoms with Gasteiger partial charge in [-0.05, 0) is 6.92 Å². The summed E-state index contributed by atoms with van der Waals surface area (Å²) in [6.45, 7) is 1.05. The SMILES string of the molecule is Cc1nc2[nH]c(=O)c(C(=O)NCC(=O)O)c(O)c2s1. The van der Waals surface area contributed by atoms with Crippen molar-refractivity contribution in [2.45, 2.75) is 6.92 Å². The monoisotopic (exact) mass is 283 g/mol. The number of hydrogen-bond donors (Lipinski definition) is 4. The summed E-state index contributed by atoms with van der Waals surface area (Å²) in [6, 6.07) is 0. The molecule has 2 aromatic rings. The number of amides is 1. The summed E-state index contributed by atoms with van der Waals surface area (Å²) >= 11 is 1.12. The molecule has 0 unspecified atom stereocenters. The summed E-state index contributed by atoms with van der Waals surface area (Å²) in [5, 5.41) is 21.0. The number of carbonyl (C=O) groups is 2. The Morgan fingerprint density at radius 2 is 2.16 bits per heavy atom. The fourth-order valence-corrected chi connectivity index (χ4v) is 2.34. The van der Waals surface area contributed by atoms with Gasteiger partial charge >= 0.3 is 5.97 Å². The molecular formula is C10H9N3O5S. The Kier molecular flexibility index (Phi) is 3.21. The summed E-state index contributed by atoms with van der Waals surface area (Å²) in [6.07, 6.45) is 0. The van der Waals surface area contributed by atoms with Crippen LogP contribution in [0.3, 0.4) is 0 Å². The summed E-state index contributed by atoms with van der Waals surface area (Å²) in [4.78, 5) is 40.1. The number of pyridine rings is 1. The number of aliphatic carboxylic acids is 1. The van der Waals surface area contributed by atoms with Crippen molar-refractivity contribution in [1.29, 1.82) is 0 Å². The summed E-state index contributed by atoms with van der Waals surface area (Å²) in [5.74, 6) is -2.69. The maximum Gasteiger partial charge on any atom is 0.322 e. The van der Waals surface area contributed by atoms with Crippen molar-refractivity contribution in [1.82, 2.24) is 15.3 Å². The van der Waals surface area contributed by atoms with E-state index in [-0.39, 0.29) is 10.3 Å². The Labute approximate surface area is 109 Å². The van der Waals surface area contributed by atoms with Crippen LogP contribution in [-0.2, 0) is 4.79 Å². The van der Waals surface area contributed by atoms with Crippen LogP contribution < -0.4 is 10.9 Å². The lowest BCUT2D eigenvalue weighted by molar-refractivity contribution is -0.135. The first kappa shape index (κ1) is 13.0. The van der Waals surface area contributed by atoms with Crippen molar-refractivity contribution < 1.29 is 19.8 Å². The summed E-state index contributed by atoms with van der Waals surface area (Å²) < 4.78 is 0.276. The van der Waals surface area contributed by atoms with E-state index in [0.717, 1.165) is 11.3 Å². The van der Waals surface area contributed by atoms with Gasteiger partial charge in [0, 0.05) is 0 Å². The Hall–Kier alpha value is -2.42. The van der Waals surface area contributed by atoms with Crippen molar-refractivity contribution in [3.63, 3.8) is 0 Å². The van der Waals surface area contributed by atoms with E-state index in [2.05, 4.69) is 9.97 Å². The normalized spacial score (nSPS) is 10.6. The van der Waals surface area contributed by atoms with E-state index in [1.54, 1.807) is 6.92 Å². The van der Waals surface area contributed by atoms with Crippen LogP contribution in [0.1, 0.15) is 15.4 Å². The third-order valence-corrected chi connectivity index (χ3v) is 3.25. The van der Waals surface area contributed by atoms with E-state index in [1.807, 2.05) is 5.32 Å². The van der Waals surface area contributed by atoms with E-state index < -0.39 is 35.3 Å². The third kappa shape index (κ3) is 2.40. The van der Waals surface area contributed by atoms with Crippen LogP contribution in [0.2, 0.25) is 0 Å². The lowest BCUT2D eigenvalue weighted by Crippen LogP contribution is -2.33. The highest BCUT2D eigenvalue weighted by molar-refractivity contribution is 7.18. The Balaban J connectivity index is 2.51. The first-order chi connectivity index (χ1) is 8.90. The van der Waals surface area contributed by atoms with Gasteiger partial charge in [-0.25, -0.2) is 4.98 Å². The van der Waals surface area contributed by atoms with Crippen molar-refractivity contribution in [3.8, 4) is 5.75 Å². The smallest absolute Gasteiger partial charge is 0.322 e. The van der Waals surface area contributed by atoms with Gasteiger partial charge in [-0.1, -0.05) is 0 Å². The standard InChI is InChI=1S/C10H9N3O5S/c1-3-12-8-7(19-3)6(16)5(10(18)13-8)9(17)11-2-4(14)15/h2H2,1H3,(H,11,17)(H,14,15)(H2,13,16,18). The number of carbonyl (C=O) groups excluding carboxylic acids is 1. The van der Waals surface area contributed by atoms with Crippen LogP contribution >= 0.6 is 11.3 Å². The Morgan fingerprint density at radius 3 is 2.79 bits per heavy atom. The van der Waals surface area contributed by atoms with Gasteiger partial charge in [-0.3, -0.25) is 14.4 Å². The molecule has 0 saturated carbocycles. The second-order valence-electron chi connectivity index (χ2n) is 3.66. The molecule has 100 valence electrons. The number of H-pyrrole nitrogens is 1. The molecule has 0 spiro atoms. The first-order valence-electron chi connectivity index (χ1n) is 5.12. The zero-order valence-corrected chi connectivity index (χ0v) is 10.5. The molecule has 9 heteroatoms.